The first-order valence-electron chi connectivity index (χ1n) is 8.38. The molecule has 0 fully saturated rings. The summed E-state index contributed by atoms with van der Waals surface area (Å²) in [6.45, 7) is 4.98. The maximum absolute atomic E-state index is 6.18. The highest BCUT2D eigenvalue weighted by Crippen LogP contribution is 2.29. The van der Waals surface area contributed by atoms with Gasteiger partial charge in [0.15, 0.2) is 0 Å². The summed E-state index contributed by atoms with van der Waals surface area (Å²) in [4.78, 5) is 11.1. The zero-order valence-electron chi connectivity index (χ0n) is 15.0. The number of hydrogen-bond acceptors (Lipinski definition) is 5. The molecule has 3 aromatic rings. The minimum Gasteiger partial charge on any atom is -0.495 e. The van der Waals surface area contributed by atoms with Crippen LogP contribution in [0.3, 0.4) is 0 Å². The normalized spacial score (nSPS) is 10.5. The van der Waals surface area contributed by atoms with Crippen LogP contribution in [0.1, 0.15) is 12.5 Å². The third-order valence-electron chi connectivity index (χ3n) is 3.95. The smallest absolute Gasteiger partial charge is 0.229 e. The Hall–Kier alpha value is -2.79. The number of nitrogens with zero attached hydrogens (tertiary/aromatic N) is 3. The zero-order valence-corrected chi connectivity index (χ0v) is 15.8. The molecule has 0 unspecified atom stereocenters. The minimum atomic E-state index is 0.509. The van der Waals surface area contributed by atoms with Crippen molar-refractivity contribution in [1.82, 2.24) is 9.97 Å². The molecule has 0 atom stereocenters. The average Bonchev–Trinajstić information content (AvgIpc) is 2.63. The van der Waals surface area contributed by atoms with Crippen molar-refractivity contribution in [2.75, 3.05) is 23.9 Å². The Morgan fingerprint density at radius 3 is 2.69 bits per heavy atom. The lowest BCUT2D eigenvalue weighted by Gasteiger charge is -2.22. The molecule has 1 N–H and O–H groups in total. The molecule has 0 amide bonds. The predicted molar refractivity (Wildman–Crippen MR) is 107 cm³/mol. The van der Waals surface area contributed by atoms with Crippen molar-refractivity contribution in [1.29, 1.82) is 0 Å². The summed E-state index contributed by atoms with van der Waals surface area (Å²) in [6.07, 6.45) is 1.74. The van der Waals surface area contributed by atoms with Crippen LogP contribution >= 0.6 is 11.6 Å². The quantitative estimate of drug-likeness (QED) is 0.635. The number of rotatable bonds is 6. The summed E-state index contributed by atoms with van der Waals surface area (Å²) in [6, 6.07) is 15.7. The van der Waals surface area contributed by atoms with E-state index in [-0.39, 0.29) is 0 Å². The predicted octanol–water partition coefficient (Wildman–Crippen LogP) is 5.35. The molecule has 5 nitrogen and oxygen atoms in total. The maximum atomic E-state index is 6.18. The fraction of sp³-hybridized carbons (Fsp3) is 0.200. The number of nitrogens with one attached hydrogen (secondary N) is 1. The van der Waals surface area contributed by atoms with Gasteiger partial charge in [0, 0.05) is 24.1 Å². The molecule has 1 heterocycles. The van der Waals surface area contributed by atoms with E-state index in [4.69, 9.17) is 16.3 Å². The van der Waals surface area contributed by atoms with Crippen molar-refractivity contribution in [3.8, 4) is 5.75 Å². The Kier molecular flexibility index (Phi) is 5.58. The van der Waals surface area contributed by atoms with Crippen LogP contribution in [0.4, 0.5) is 23.1 Å². The maximum Gasteiger partial charge on any atom is 0.229 e. The molecule has 0 aliphatic carbocycles. The summed E-state index contributed by atoms with van der Waals surface area (Å²) in [5.41, 5.74) is 3.11. The number of benzene rings is 2. The molecule has 0 radical (unpaired) electrons. The molecule has 3 rings (SSSR count). The summed E-state index contributed by atoms with van der Waals surface area (Å²) in [7, 11) is 1.59. The molecule has 2 aromatic carbocycles. The molecule has 26 heavy (non-hydrogen) atoms. The zero-order chi connectivity index (χ0) is 18.5. The fourth-order valence-corrected chi connectivity index (χ4v) is 2.96. The average molecular weight is 369 g/mol. The SMILES string of the molecule is CCN(c1cccc(C)c1)c1ccnc(Nc2ccc(OC)c(Cl)c2)n1. The van der Waals surface area contributed by atoms with Gasteiger partial charge >= 0.3 is 0 Å². The molecular formula is C20H21ClN4O. The van der Waals surface area contributed by atoms with E-state index in [1.54, 1.807) is 25.4 Å². The Balaban J connectivity index is 1.86. The second-order valence-corrected chi connectivity index (χ2v) is 6.20. The molecule has 1 aromatic heterocycles. The standard InChI is InChI=1S/C20H21ClN4O/c1-4-25(16-7-5-6-14(2)12-16)19-10-11-22-20(24-19)23-15-8-9-18(26-3)17(21)13-15/h5-13H,4H2,1-3H3,(H,22,23,24). The van der Waals surface area contributed by atoms with Crippen molar-refractivity contribution in [2.45, 2.75) is 13.8 Å². The van der Waals surface area contributed by atoms with Gasteiger partial charge in [0.2, 0.25) is 5.95 Å². The van der Waals surface area contributed by atoms with E-state index in [9.17, 15) is 0 Å². The molecule has 6 heteroatoms. The van der Waals surface area contributed by atoms with Crippen LogP contribution in [0.5, 0.6) is 5.75 Å². The van der Waals surface area contributed by atoms with Crippen LogP contribution in [0, 0.1) is 6.92 Å². The van der Waals surface area contributed by atoms with Crippen LogP contribution < -0.4 is 15.0 Å². The molecule has 0 saturated carbocycles. The number of aryl methyl sites for hydroxylation is 1. The van der Waals surface area contributed by atoms with E-state index < -0.39 is 0 Å². The van der Waals surface area contributed by atoms with Crippen LogP contribution in [0.2, 0.25) is 5.02 Å². The van der Waals surface area contributed by atoms with Gasteiger partial charge in [-0.1, -0.05) is 23.7 Å². The topological polar surface area (TPSA) is 50.3 Å². The van der Waals surface area contributed by atoms with Gasteiger partial charge in [0.05, 0.1) is 12.1 Å². The fourth-order valence-electron chi connectivity index (χ4n) is 2.71. The van der Waals surface area contributed by atoms with Gasteiger partial charge in [0.25, 0.3) is 0 Å². The van der Waals surface area contributed by atoms with Crippen molar-refractivity contribution >= 4 is 34.7 Å². The first-order chi connectivity index (χ1) is 12.6. The summed E-state index contributed by atoms with van der Waals surface area (Å²) in [5.74, 6) is 1.97. The number of ether oxygens (including phenoxy) is 1. The Morgan fingerprint density at radius 1 is 1.15 bits per heavy atom. The second-order valence-electron chi connectivity index (χ2n) is 5.80. The number of aromatic nitrogens is 2. The van der Waals surface area contributed by atoms with Crippen molar-refractivity contribution in [3.63, 3.8) is 0 Å². The highest BCUT2D eigenvalue weighted by Gasteiger charge is 2.11. The van der Waals surface area contributed by atoms with E-state index in [2.05, 4.69) is 52.2 Å². The molecule has 0 aliphatic rings. The number of methoxy groups -OCH3 is 1. The van der Waals surface area contributed by atoms with Gasteiger partial charge in [-0.25, -0.2) is 4.98 Å². The summed E-state index contributed by atoms with van der Waals surface area (Å²) < 4.78 is 5.18. The summed E-state index contributed by atoms with van der Waals surface area (Å²) >= 11 is 6.18. The van der Waals surface area contributed by atoms with E-state index in [0.29, 0.717) is 16.7 Å². The van der Waals surface area contributed by atoms with Gasteiger partial charge in [-0.05, 0) is 55.8 Å². The van der Waals surface area contributed by atoms with Gasteiger partial charge in [-0.3, -0.25) is 0 Å². The Bertz CT molecular complexity index is 900. The highest BCUT2D eigenvalue weighted by atomic mass is 35.5. The molecule has 134 valence electrons. The third-order valence-corrected chi connectivity index (χ3v) is 4.25. The van der Waals surface area contributed by atoms with Crippen LogP contribution in [-0.2, 0) is 0 Å². The van der Waals surface area contributed by atoms with E-state index >= 15 is 0 Å². The second kappa shape index (κ2) is 8.06. The first kappa shape index (κ1) is 18.0. The molecule has 0 bridgehead atoms. The van der Waals surface area contributed by atoms with E-state index in [1.165, 1.54) is 5.56 Å². The minimum absolute atomic E-state index is 0.509. The summed E-state index contributed by atoms with van der Waals surface area (Å²) in [5, 5.41) is 3.72. The molecule has 0 saturated heterocycles. The number of halogens is 1. The Morgan fingerprint density at radius 2 is 2.00 bits per heavy atom. The lowest BCUT2D eigenvalue weighted by molar-refractivity contribution is 0.415. The Labute approximate surface area is 158 Å². The lowest BCUT2D eigenvalue weighted by Crippen LogP contribution is -2.18. The van der Waals surface area contributed by atoms with Crippen LogP contribution in [-0.4, -0.2) is 23.6 Å². The largest absolute Gasteiger partial charge is 0.495 e. The number of hydrogen-bond donors (Lipinski definition) is 1. The van der Waals surface area contributed by atoms with Crippen molar-refractivity contribution in [2.24, 2.45) is 0 Å². The van der Waals surface area contributed by atoms with Crippen LogP contribution in [0.15, 0.2) is 54.7 Å². The van der Waals surface area contributed by atoms with Crippen LogP contribution in [0.25, 0.3) is 0 Å². The first-order valence-corrected chi connectivity index (χ1v) is 8.76. The lowest BCUT2D eigenvalue weighted by atomic mass is 10.2. The van der Waals surface area contributed by atoms with Gasteiger partial charge in [-0.2, -0.15) is 4.98 Å². The van der Waals surface area contributed by atoms with Crippen molar-refractivity contribution in [3.05, 3.63) is 65.3 Å². The molecule has 0 aliphatic heterocycles. The van der Waals surface area contributed by atoms with Gasteiger partial charge in [-0.15, -0.1) is 0 Å². The number of anilines is 4. The monoisotopic (exact) mass is 368 g/mol. The van der Waals surface area contributed by atoms with Gasteiger partial charge in [0.1, 0.15) is 11.6 Å². The van der Waals surface area contributed by atoms with Crippen molar-refractivity contribution < 1.29 is 4.74 Å². The van der Waals surface area contributed by atoms with E-state index in [1.807, 2.05) is 18.2 Å². The molecular weight excluding hydrogens is 348 g/mol. The third kappa shape index (κ3) is 4.06. The highest BCUT2D eigenvalue weighted by molar-refractivity contribution is 6.32. The van der Waals surface area contributed by atoms with E-state index in [0.717, 1.165) is 23.7 Å². The van der Waals surface area contributed by atoms with Gasteiger partial charge < -0.3 is 15.0 Å². The molecule has 0 spiro atoms.